The molecule has 0 saturated carbocycles. The second-order valence-corrected chi connectivity index (χ2v) is 5.40. The molecule has 0 aromatic heterocycles. The Morgan fingerprint density at radius 3 is 2.50 bits per heavy atom. The van der Waals surface area contributed by atoms with Gasteiger partial charge in [0.2, 0.25) is 0 Å². The molecule has 3 rings (SSSR count). The molecular formula is C19H18O7. The van der Waals surface area contributed by atoms with Crippen LogP contribution in [0, 0.1) is 0 Å². The zero-order valence-electron chi connectivity index (χ0n) is 14.4. The highest BCUT2D eigenvalue weighted by molar-refractivity contribution is 6.00. The van der Waals surface area contributed by atoms with Crippen LogP contribution >= 0.6 is 0 Å². The van der Waals surface area contributed by atoms with E-state index >= 15 is 0 Å². The van der Waals surface area contributed by atoms with Crippen molar-refractivity contribution in [3.05, 3.63) is 47.5 Å². The first-order valence-corrected chi connectivity index (χ1v) is 7.95. The maximum atomic E-state index is 12.3. The summed E-state index contributed by atoms with van der Waals surface area (Å²) >= 11 is 0. The summed E-state index contributed by atoms with van der Waals surface area (Å²) < 4.78 is 26.3. The Bertz CT molecular complexity index is 829. The lowest BCUT2D eigenvalue weighted by Crippen LogP contribution is -2.17. The summed E-state index contributed by atoms with van der Waals surface area (Å²) in [5, 5.41) is 0. The number of methoxy groups -OCH3 is 2. The van der Waals surface area contributed by atoms with Gasteiger partial charge in [0, 0.05) is 5.56 Å². The van der Waals surface area contributed by atoms with E-state index in [9.17, 15) is 9.59 Å². The highest BCUT2D eigenvalue weighted by Gasteiger charge is 2.20. The second kappa shape index (κ2) is 7.77. The maximum absolute atomic E-state index is 12.3. The molecule has 2 aromatic rings. The minimum absolute atomic E-state index is 0.182. The number of rotatable bonds is 6. The van der Waals surface area contributed by atoms with Crippen LogP contribution in [0.15, 0.2) is 36.4 Å². The molecule has 7 nitrogen and oxygen atoms in total. The Labute approximate surface area is 150 Å². The van der Waals surface area contributed by atoms with Crippen molar-refractivity contribution in [1.29, 1.82) is 0 Å². The average Bonchev–Trinajstić information content (AvgIpc) is 2.70. The van der Waals surface area contributed by atoms with E-state index in [1.807, 2.05) is 0 Å². The summed E-state index contributed by atoms with van der Waals surface area (Å²) in [5.41, 5.74) is 0.557. The normalized spacial score (nSPS) is 12.2. The van der Waals surface area contributed by atoms with Crippen LogP contribution in [-0.2, 0) is 4.74 Å². The van der Waals surface area contributed by atoms with Crippen LogP contribution in [-0.4, -0.2) is 45.8 Å². The Kier molecular flexibility index (Phi) is 5.26. The number of fused-ring (bicyclic) bond motifs is 1. The molecule has 0 N–H and O–H groups in total. The standard InChI is InChI=1S/C19H18O7/c1-22-16-5-3-4-13(18(16)23-2)19(21)26-11-14(20)12-6-7-15-17(10-12)25-9-8-24-15/h3-7,10H,8-9,11H2,1-2H3. The van der Waals surface area contributed by atoms with Crippen molar-refractivity contribution in [2.24, 2.45) is 0 Å². The van der Waals surface area contributed by atoms with Crippen LogP contribution in [0.5, 0.6) is 23.0 Å². The molecule has 0 unspecified atom stereocenters. The third-order valence-electron chi connectivity index (χ3n) is 3.82. The first-order valence-electron chi connectivity index (χ1n) is 7.95. The fourth-order valence-electron chi connectivity index (χ4n) is 2.56. The summed E-state index contributed by atoms with van der Waals surface area (Å²) in [7, 11) is 2.90. The number of benzene rings is 2. The number of hydrogen-bond donors (Lipinski definition) is 0. The third-order valence-corrected chi connectivity index (χ3v) is 3.82. The SMILES string of the molecule is COc1cccc(C(=O)OCC(=O)c2ccc3c(c2)OCCO3)c1OC. The van der Waals surface area contributed by atoms with E-state index in [4.69, 9.17) is 23.7 Å². The highest BCUT2D eigenvalue weighted by Crippen LogP contribution is 2.32. The fourth-order valence-corrected chi connectivity index (χ4v) is 2.56. The molecule has 0 saturated heterocycles. The number of ketones is 1. The van der Waals surface area contributed by atoms with Crippen molar-refractivity contribution >= 4 is 11.8 Å². The van der Waals surface area contributed by atoms with Crippen LogP contribution in [0.3, 0.4) is 0 Å². The lowest BCUT2D eigenvalue weighted by atomic mass is 10.1. The number of para-hydroxylation sites is 1. The van der Waals surface area contributed by atoms with Gasteiger partial charge in [-0.15, -0.1) is 0 Å². The number of carbonyl (C=O) groups is 2. The molecule has 26 heavy (non-hydrogen) atoms. The minimum atomic E-state index is -0.674. The first-order chi connectivity index (χ1) is 12.6. The molecule has 7 heteroatoms. The van der Waals surface area contributed by atoms with Crippen LogP contribution in [0.25, 0.3) is 0 Å². The van der Waals surface area contributed by atoms with E-state index in [-0.39, 0.29) is 17.1 Å². The van der Waals surface area contributed by atoms with Crippen molar-refractivity contribution in [2.45, 2.75) is 0 Å². The molecule has 0 amide bonds. The predicted octanol–water partition coefficient (Wildman–Crippen LogP) is 2.51. The molecule has 0 radical (unpaired) electrons. The molecule has 0 bridgehead atoms. The Balaban J connectivity index is 1.69. The van der Waals surface area contributed by atoms with Crippen LogP contribution in [0.2, 0.25) is 0 Å². The van der Waals surface area contributed by atoms with E-state index in [0.717, 1.165) is 0 Å². The molecule has 0 spiro atoms. The molecule has 1 heterocycles. The van der Waals surface area contributed by atoms with Crippen molar-refractivity contribution in [2.75, 3.05) is 34.0 Å². The average molecular weight is 358 g/mol. The number of hydrogen-bond acceptors (Lipinski definition) is 7. The van der Waals surface area contributed by atoms with Crippen molar-refractivity contribution in [1.82, 2.24) is 0 Å². The molecule has 1 aliphatic heterocycles. The zero-order chi connectivity index (χ0) is 18.5. The van der Waals surface area contributed by atoms with Crippen LogP contribution < -0.4 is 18.9 Å². The Morgan fingerprint density at radius 2 is 1.77 bits per heavy atom. The summed E-state index contributed by atoms with van der Waals surface area (Å²) in [6.07, 6.45) is 0. The molecular weight excluding hydrogens is 340 g/mol. The maximum Gasteiger partial charge on any atom is 0.342 e. The van der Waals surface area contributed by atoms with Gasteiger partial charge in [-0.3, -0.25) is 4.79 Å². The predicted molar refractivity (Wildman–Crippen MR) is 91.6 cm³/mol. The summed E-state index contributed by atoms with van der Waals surface area (Å²) in [6.45, 7) is 0.494. The van der Waals surface area contributed by atoms with Gasteiger partial charge in [0.25, 0.3) is 0 Å². The monoisotopic (exact) mass is 358 g/mol. The topological polar surface area (TPSA) is 80.3 Å². The molecule has 136 valence electrons. The van der Waals surface area contributed by atoms with Gasteiger partial charge in [0.15, 0.2) is 35.4 Å². The molecule has 0 fully saturated rings. The smallest absolute Gasteiger partial charge is 0.342 e. The number of esters is 1. The van der Waals surface area contributed by atoms with E-state index in [1.165, 1.54) is 20.3 Å². The summed E-state index contributed by atoms with van der Waals surface area (Å²) in [4.78, 5) is 24.6. The van der Waals surface area contributed by atoms with E-state index in [0.29, 0.717) is 36.0 Å². The molecule has 0 aliphatic carbocycles. The molecule has 1 aliphatic rings. The van der Waals surface area contributed by atoms with Crippen LogP contribution in [0.4, 0.5) is 0 Å². The van der Waals surface area contributed by atoms with Gasteiger partial charge in [0.05, 0.1) is 14.2 Å². The number of Topliss-reactive ketones (excluding diaryl/α,β-unsaturated/α-hetero) is 1. The second-order valence-electron chi connectivity index (χ2n) is 5.40. The zero-order valence-corrected chi connectivity index (χ0v) is 14.4. The van der Waals surface area contributed by atoms with Gasteiger partial charge < -0.3 is 23.7 Å². The lowest BCUT2D eigenvalue weighted by Gasteiger charge is -2.18. The van der Waals surface area contributed by atoms with Gasteiger partial charge >= 0.3 is 5.97 Å². The lowest BCUT2D eigenvalue weighted by molar-refractivity contribution is 0.0471. The first kappa shape index (κ1) is 17.6. The van der Waals surface area contributed by atoms with Crippen LogP contribution in [0.1, 0.15) is 20.7 Å². The summed E-state index contributed by atoms with van der Waals surface area (Å²) in [6, 6.07) is 9.69. The van der Waals surface area contributed by atoms with Crippen molar-refractivity contribution in [3.63, 3.8) is 0 Å². The molecule has 2 aromatic carbocycles. The van der Waals surface area contributed by atoms with E-state index in [2.05, 4.69) is 0 Å². The number of carbonyl (C=O) groups excluding carboxylic acids is 2. The van der Waals surface area contributed by atoms with Gasteiger partial charge in [0.1, 0.15) is 18.8 Å². The highest BCUT2D eigenvalue weighted by atomic mass is 16.6. The van der Waals surface area contributed by atoms with Gasteiger partial charge in [-0.25, -0.2) is 4.79 Å². The van der Waals surface area contributed by atoms with Crippen molar-refractivity contribution in [3.8, 4) is 23.0 Å². The van der Waals surface area contributed by atoms with E-state index in [1.54, 1.807) is 30.3 Å². The minimum Gasteiger partial charge on any atom is -0.493 e. The largest absolute Gasteiger partial charge is 0.493 e. The molecule has 0 atom stereocenters. The quantitative estimate of drug-likeness (QED) is 0.580. The van der Waals surface area contributed by atoms with Gasteiger partial charge in [-0.1, -0.05) is 6.07 Å². The fraction of sp³-hybridized carbons (Fsp3) is 0.263. The van der Waals surface area contributed by atoms with E-state index < -0.39 is 12.6 Å². The Hall–Kier alpha value is -3.22. The van der Waals surface area contributed by atoms with Crippen molar-refractivity contribution < 1.29 is 33.3 Å². The number of ether oxygens (including phenoxy) is 5. The summed E-state index contributed by atoms with van der Waals surface area (Å²) in [5.74, 6) is 0.726. The van der Waals surface area contributed by atoms with Gasteiger partial charge in [-0.2, -0.15) is 0 Å². The van der Waals surface area contributed by atoms with Gasteiger partial charge in [-0.05, 0) is 30.3 Å². The third kappa shape index (κ3) is 3.56. The Morgan fingerprint density at radius 1 is 1.00 bits per heavy atom.